The maximum absolute atomic E-state index is 5.87. The zero-order chi connectivity index (χ0) is 11.4. The second kappa shape index (κ2) is 4.89. The Kier molecular flexibility index (Phi) is 3.31. The lowest BCUT2D eigenvalue weighted by molar-refractivity contribution is 0.377. The monoisotopic (exact) mass is 239 g/mol. The van der Waals surface area contributed by atoms with Crippen LogP contribution in [-0.2, 0) is 6.42 Å². The minimum Gasteiger partial charge on any atom is -0.368 e. The SMILES string of the molecule is Cc1noc(CCNc2ncncc2Cl)n1. The van der Waals surface area contributed by atoms with Crippen LogP contribution < -0.4 is 5.32 Å². The first-order valence-corrected chi connectivity index (χ1v) is 5.12. The van der Waals surface area contributed by atoms with E-state index in [-0.39, 0.29) is 0 Å². The summed E-state index contributed by atoms with van der Waals surface area (Å²) in [6.45, 7) is 2.40. The van der Waals surface area contributed by atoms with E-state index in [4.69, 9.17) is 16.1 Å². The van der Waals surface area contributed by atoms with Crippen LogP contribution in [0.15, 0.2) is 17.0 Å². The summed E-state index contributed by atoms with van der Waals surface area (Å²) in [5.74, 6) is 1.83. The quantitative estimate of drug-likeness (QED) is 0.871. The molecular formula is C9H10ClN5O. The smallest absolute Gasteiger partial charge is 0.228 e. The number of aromatic nitrogens is 4. The van der Waals surface area contributed by atoms with Crippen LogP contribution in [0.4, 0.5) is 5.82 Å². The zero-order valence-corrected chi connectivity index (χ0v) is 9.40. The van der Waals surface area contributed by atoms with Crippen molar-refractivity contribution >= 4 is 17.4 Å². The van der Waals surface area contributed by atoms with Gasteiger partial charge >= 0.3 is 0 Å². The van der Waals surface area contributed by atoms with E-state index in [1.807, 2.05) is 0 Å². The Morgan fingerprint density at radius 3 is 3.06 bits per heavy atom. The van der Waals surface area contributed by atoms with Crippen molar-refractivity contribution in [2.75, 3.05) is 11.9 Å². The number of aryl methyl sites for hydroxylation is 1. The topological polar surface area (TPSA) is 76.7 Å². The molecule has 0 aliphatic rings. The number of halogens is 1. The van der Waals surface area contributed by atoms with Gasteiger partial charge in [-0.15, -0.1) is 0 Å². The third-order valence-corrected chi connectivity index (χ3v) is 2.15. The van der Waals surface area contributed by atoms with Crippen molar-refractivity contribution in [3.8, 4) is 0 Å². The highest BCUT2D eigenvalue weighted by Crippen LogP contribution is 2.15. The lowest BCUT2D eigenvalue weighted by Gasteiger charge is -2.03. The standard InChI is InChI=1S/C9H10ClN5O/c1-6-14-8(16-15-6)2-3-12-9-7(10)4-11-5-13-9/h4-5H,2-3H2,1H3,(H,11,12,13). The molecule has 0 unspecified atom stereocenters. The number of nitrogens with zero attached hydrogens (tertiary/aromatic N) is 4. The maximum atomic E-state index is 5.87. The second-order valence-corrected chi connectivity index (χ2v) is 3.54. The van der Waals surface area contributed by atoms with Crippen LogP contribution in [0.1, 0.15) is 11.7 Å². The predicted octanol–water partition coefficient (Wildman–Crippen LogP) is 1.48. The van der Waals surface area contributed by atoms with Crippen LogP contribution >= 0.6 is 11.6 Å². The number of anilines is 1. The molecule has 0 fully saturated rings. The van der Waals surface area contributed by atoms with E-state index >= 15 is 0 Å². The fraction of sp³-hybridized carbons (Fsp3) is 0.333. The summed E-state index contributed by atoms with van der Waals surface area (Å²) in [7, 11) is 0. The van der Waals surface area contributed by atoms with Crippen molar-refractivity contribution in [3.05, 3.63) is 29.3 Å². The van der Waals surface area contributed by atoms with Gasteiger partial charge in [0.15, 0.2) is 5.82 Å². The van der Waals surface area contributed by atoms with Gasteiger partial charge in [-0.1, -0.05) is 16.8 Å². The summed E-state index contributed by atoms with van der Waals surface area (Å²) in [6, 6.07) is 0. The number of hydrogen-bond acceptors (Lipinski definition) is 6. The van der Waals surface area contributed by atoms with E-state index < -0.39 is 0 Å². The summed E-state index contributed by atoms with van der Waals surface area (Å²) in [4.78, 5) is 11.9. The van der Waals surface area contributed by atoms with Crippen molar-refractivity contribution in [2.45, 2.75) is 13.3 Å². The molecule has 84 valence electrons. The molecule has 2 aromatic rings. The fourth-order valence-corrected chi connectivity index (χ4v) is 1.34. The predicted molar refractivity (Wildman–Crippen MR) is 58.3 cm³/mol. The van der Waals surface area contributed by atoms with Crippen molar-refractivity contribution < 1.29 is 4.52 Å². The normalized spacial score (nSPS) is 10.4. The Hall–Kier alpha value is -1.69. The van der Waals surface area contributed by atoms with Gasteiger partial charge in [0.2, 0.25) is 5.89 Å². The molecular weight excluding hydrogens is 230 g/mol. The van der Waals surface area contributed by atoms with Gasteiger partial charge in [-0.3, -0.25) is 0 Å². The molecule has 2 rings (SSSR count). The summed E-state index contributed by atoms with van der Waals surface area (Å²) in [6.07, 6.45) is 3.60. The van der Waals surface area contributed by atoms with E-state index in [1.165, 1.54) is 12.5 Å². The van der Waals surface area contributed by atoms with E-state index in [2.05, 4.69) is 25.4 Å². The van der Waals surface area contributed by atoms with E-state index in [1.54, 1.807) is 6.92 Å². The van der Waals surface area contributed by atoms with Crippen LogP contribution in [0.2, 0.25) is 5.02 Å². The van der Waals surface area contributed by atoms with Gasteiger partial charge in [-0.05, 0) is 6.92 Å². The number of nitrogens with one attached hydrogen (secondary N) is 1. The molecule has 0 atom stereocenters. The molecule has 2 aromatic heterocycles. The molecule has 6 nitrogen and oxygen atoms in total. The molecule has 1 N–H and O–H groups in total. The zero-order valence-electron chi connectivity index (χ0n) is 8.64. The van der Waals surface area contributed by atoms with Gasteiger partial charge in [0, 0.05) is 13.0 Å². The molecule has 0 saturated heterocycles. The molecule has 0 aliphatic heterocycles. The molecule has 2 heterocycles. The first kappa shape index (κ1) is 10.8. The molecule has 0 aliphatic carbocycles. The summed E-state index contributed by atoms with van der Waals surface area (Å²) in [5.41, 5.74) is 0. The molecule has 0 bridgehead atoms. The van der Waals surface area contributed by atoms with Gasteiger partial charge in [0.25, 0.3) is 0 Å². The Balaban J connectivity index is 1.87. The second-order valence-electron chi connectivity index (χ2n) is 3.13. The Morgan fingerprint density at radius 2 is 2.38 bits per heavy atom. The molecule has 0 amide bonds. The lowest BCUT2D eigenvalue weighted by atomic mass is 10.4. The summed E-state index contributed by atoms with van der Waals surface area (Å²) >= 11 is 5.87. The molecule has 0 aromatic carbocycles. The molecule has 0 spiro atoms. The molecule has 16 heavy (non-hydrogen) atoms. The van der Waals surface area contributed by atoms with Crippen molar-refractivity contribution in [2.24, 2.45) is 0 Å². The summed E-state index contributed by atoms with van der Waals surface area (Å²) in [5, 5.41) is 7.24. The minimum absolute atomic E-state index is 0.490. The van der Waals surface area contributed by atoms with Crippen LogP contribution in [-0.4, -0.2) is 26.7 Å². The minimum atomic E-state index is 0.490. The van der Waals surface area contributed by atoms with E-state index in [0.717, 1.165) is 0 Å². The average Bonchev–Trinajstić information content (AvgIpc) is 2.67. The molecule has 7 heteroatoms. The van der Waals surface area contributed by atoms with Gasteiger partial charge in [0.05, 0.1) is 6.20 Å². The van der Waals surface area contributed by atoms with E-state index in [9.17, 15) is 0 Å². The van der Waals surface area contributed by atoms with Gasteiger partial charge in [-0.2, -0.15) is 4.98 Å². The van der Waals surface area contributed by atoms with Gasteiger partial charge < -0.3 is 9.84 Å². The van der Waals surface area contributed by atoms with Crippen molar-refractivity contribution in [1.82, 2.24) is 20.1 Å². The summed E-state index contributed by atoms with van der Waals surface area (Å²) < 4.78 is 4.97. The van der Waals surface area contributed by atoms with Crippen LogP contribution in [0.3, 0.4) is 0 Å². The highest BCUT2D eigenvalue weighted by atomic mass is 35.5. The first-order chi connectivity index (χ1) is 7.75. The largest absolute Gasteiger partial charge is 0.368 e. The Bertz CT molecular complexity index is 472. The van der Waals surface area contributed by atoms with Gasteiger partial charge in [-0.25, -0.2) is 9.97 Å². The molecule has 0 radical (unpaired) electrons. The number of rotatable bonds is 4. The highest BCUT2D eigenvalue weighted by Gasteiger charge is 2.04. The van der Waals surface area contributed by atoms with Gasteiger partial charge in [0.1, 0.15) is 17.2 Å². The van der Waals surface area contributed by atoms with Crippen molar-refractivity contribution in [1.29, 1.82) is 0 Å². The lowest BCUT2D eigenvalue weighted by Crippen LogP contribution is -2.07. The first-order valence-electron chi connectivity index (χ1n) is 4.74. The molecule has 0 saturated carbocycles. The van der Waals surface area contributed by atoms with E-state index in [0.29, 0.717) is 35.5 Å². The third kappa shape index (κ3) is 2.66. The Labute approximate surface area is 97.1 Å². The van der Waals surface area contributed by atoms with Crippen molar-refractivity contribution in [3.63, 3.8) is 0 Å². The average molecular weight is 240 g/mol. The van der Waals surface area contributed by atoms with Crippen LogP contribution in [0.5, 0.6) is 0 Å². The maximum Gasteiger partial charge on any atom is 0.228 e. The Morgan fingerprint density at radius 1 is 1.50 bits per heavy atom. The highest BCUT2D eigenvalue weighted by molar-refractivity contribution is 6.32. The third-order valence-electron chi connectivity index (χ3n) is 1.87. The van der Waals surface area contributed by atoms with Crippen LogP contribution in [0.25, 0.3) is 0 Å². The number of hydrogen-bond donors (Lipinski definition) is 1. The van der Waals surface area contributed by atoms with Crippen LogP contribution in [0, 0.1) is 6.92 Å². The fourth-order valence-electron chi connectivity index (χ4n) is 1.17.